The molecule has 0 aromatic heterocycles. The standard InChI is InChI=1S/C15H22N2O.ClH/c1-11-5-4-6-12(10-9-11)17-15(18)13-7-2-3-8-14(13)16;/h2-3,7-8,11-12H,4-6,9-10,16H2,1H3,(H,17,18);1H. The lowest BCUT2D eigenvalue weighted by Gasteiger charge is -2.17. The predicted octanol–water partition coefficient (Wildman–Crippen LogP) is 3.39. The summed E-state index contributed by atoms with van der Waals surface area (Å²) < 4.78 is 0. The fraction of sp³-hybridized carbons (Fsp3) is 0.533. The van der Waals surface area contributed by atoms with Crippen molar-refractivity contribution in [1.29, 1.82) is 0 Å². The van der Waals surface area contributed by atoms with Crippen LogP contribution in [0, 0.1) is 5.92 Å². The van der Waals surface area contributed by atoms with Crippen LogP contribution in [0.1, 0.15) is 49.4 Å². The summed E-state index contributed by atoms with van der Waals surface area (Å²) in [6.45, 7) is 2.29. The van der Waals surface area contributed by atoms with E-state index in [-0.39, 0.29) is 18.3 Å². The lowest BCUT2D eigenvalue weighted by atomic mass is 10.0. The van der Waals surface area contributed by atoms with Crippen LogP contribution < -0.4 is 11.1 Å². The maximum atomic E-state index is 12.1. The third-order valence-electron chi connectivity index (χ3n) is 3.80. The Hall–Kier alpha value is -1.22. The van der Waals surface area contributed by atoms with Gasteiger partial charge in [0.15, 0.2) is 0 Å². The molecule has 1 aliphatic rings. The maximum Gasteiger partial charge on any atom is 0.253 e. The van der Waals surface area contributed by atoms with Crippen LogP contribution in [0.3, 0.4) is 0 Å². The van der Waals surface area contributed by atoms with E-state index in [0.29, 0.717) is 17.3 Å². The van der Waals surface area contributed by atoms with Gasteiger partial charge in [-0.05, 0) is 37.3 Å². The minimum absolute atomic E-state index is 0. The summed E-state index contributed by atoms with van der Waals surface area (Å²) in [7, 11) is 0. The first-order valence-electron chi connectivity index (χ1n) is 6.82. The van der Waals surface area contributed by atoms with Gasteiger partial charge >= 0.3 is 0 Å². The SMILES string of the molecule is CC1CCCC(NC(=O)c2ccccc2N)CC1.Cl. The molecule has 2 unspecified atom stereocenters. The summed E-state index contributed by atoms with van der Waals surface area (Å²) in [6.07, 6.45) is 5.86. The molecular weight excluding hydrogens is 260 g/mol. The average molecular weight is 283 g/mol. The highest BCUT2D eigenvalue weighted by molar-refractivity contribution is 5.99. The van der Waals surface area contributed by atoms with Crippen molar-refractivity contribution in [1.82, 2.24) is 5.32 Å². The van der Waals surface area contributed by atoms with E-state index < -0.39 is 0 Å². The van der Waals surface area contributed by atoms with E-state index in [1.165, 1.54) is 19.3 Å². The molecule has 1 aromatic carbocycles. The van der Waals surface area contributed by atoms with Gasteiger partial charge in [-0.1, -0.05) is 31.9 Å². The van der Waals surface area contributed by atoms with Crippen LogP contribution in [0.25, 0.3) is 0 Å². The number of amides is 1. The third-order valence-corrected chi connectivity index (χ3v) is 3.80. The molecule has 1 saturated carbocycles. The van der Waals surface area contributed by atoms with Crippen LogP contribution in [0.4, 0.5) is 5.69 Å². The first kappa shape index (κ1) is 15.8. The summed E-state index contributed by atoms with van der Waals surface area (Å²) in [5.41, 5.74) is 6.96. The number of carbonyl (C=O) groups is 1. The lowest BCUT2D eigenvalue weighted by Crippen LogP contribution is -2.34. The third kappa shape index (κ3) is 4.43. The molecule has 1 fully saturated rings. The Labute approximate surface area is 121 Å². The number of halogens is 1. The van der Waals surface area contributed by atoms with Crippen molar-refractivity contribution >= 4 is 24.0 Å². The number of nitrogen functional groups attached to an aromatic ring is 1. The smallest absolute Gasteiger partial charge is 0.253 e. The van der Waals surface area contributed by atoms with E-state index in [1.807, 2.05) is 12.1 Å². The van der Waals surface area contributed by atoms with E-state index in [4.69, 9.17) is 5.73 Å². The van der Waals surface area contributed by atoms with Gasteiger partial charge in [0, 0.05) is 11.7 Å². The summed E-state index contributed by atoms with van der Waals surface area (Å²) >= 11 is 0. The topological polar surface area (TPSA) is 55.1 Å². The fourth-order valence-corrected chi connectivity index (χ4v) is 2.60. The molecule has 4 heteroatoms. The second-order valence-corrected chi connectivity index (χ2v) is 5.37. The van der Waals surface area contributed by atoms with Crippen LogP contribution in [0.5, 0.6) is 0 Å². The quantitative estimate of drug-likeness (QED) is 0.645. The van der Waals surface area contributed by atoms with Gasteiger partial charge in [-0.25, -0.2) is 0 Å². The number of nitrogens with one attached hydrogen (secondary N) is 1. The molecule has 1 aromatic rings. The van der Waals surface area contributed by atoms with Crippen LogP contribution in [-0.2, 0) is 0 Å². The Morgan fingerprint density at radius 1 is 1.21 bits per heavy atom. The molecule has 1 amide bonds. The second-order valence-electron chi connectivity index (χ2n) is 5.37. The number of para-hydroxylation sites is 1. The Morgan fingerprint density at radius 2 is 1.95 bits per heavy atom. The van der Waals surface area contributed by atoms with Crippen LogP contribution in [0.2, 0.25) is 0 Å². The van der Waals surface area contributed by atoms with Gasteiger partial charge in [0.05, 0.1) is 5.56 Å². The second kappa shape index (κ2) is 7.39. The molecule has 0 spiro atoms. The number of nitrogens with two attached hydrogens (primary N) is 1. The predicted molar refractivity (Wildman–Crippen MR) is 81.6 cm³/mol. The normalized spacial score (nSPS) is 23.0. The van der Waals surface area contributed by atoms with E-state index in [1.54, 1.807) is 12.1 Å². The van der Waals surface area contributed by atoms with Gasteiger partial charge in [-0.15, -0.1) is 12.4 Å². The summed E-state index contributed by atoms with van der Waals surface area (Å²) in [4.78, 5) is 12.1. The van der Waals surface area contributed by atoms with Crippen LogP contribution in [-0.4, -0.2) is 11.9 Å². The number of hydrogen-bond donors (Lipinski definition) is 2. The van der Waals surface area contributed by atoms with Crippen molar-refractivity contribution < 1.29 is 4.79 Å². The minimum atomic E-state index is -0.0346. The highest BCUT2D eigenvalue weighted by Gasteiger charge is 2.19. The molecular formula is C15H23ClN2O. The molecule has 106 valence electrons. The Bertz CT molecular complexity index is 422. The summed E-state index contributed by atoms with van der Waals surface area (Å²) in [6, 6.07) is 7.55. The van der Waals surface area contributed by atoms with Gasteiger partial charge in [-0.2, -0.15) is 0 Å². The Kier molecular flexibility index (Phi) is 6.16. The van der Waals surface area contributed by atoms with E-state index >= 15 is 0 Å². The maximum absolute atomic E-state index is 12.1. The zero-order chi connectivity index (χ0) is 13.0. The van der Waals surface area contributed by atoms with Crippen molar-refractivity contribution in [2.24, 2.45) is 5.92 Å². The molecule has 3 nitrogen and oxygen atoms in total. The lowest BCUT2D eigenvalue weighted by molar-refractivity contribution is 0.0934. The van der Waals surface area contributed by atoms with E-state index in [9.17, 15) is 4.79 Å². The zero-order valence-electron chi connectivity index (χ0n) is 11.4. The van der Waals surface area contributed by atoms with Crippen LogP contribution >= 0.6 is 12.4 Å². The fourth-order valence-electron chi connectivity index (χ4n) is 2.60. The molecule has 1 aliphatic carbocycles. The van der Waals surface area contributed by atoms with E-state index in [2.05, 4.69) is 12.2 Å². The van der Waals surface area contributed by atoms with Gasteiger partial charge in [0.25, 0.3) is 5.91 Å². The van der Waals surface area contributed by atoms with Gasteiger partial charge in [-0.3, -0.25) is 4.79 Å². The van der Waals surface area contributed by atoms with Crippen molar-refractivity contribution in [2.45, 2.75) is 45.1 Å². The molecule has 2 atom stereocenters. The number of benzene rings is 1. The number of rotatable bonds is 2. The summed E-state index contributed by atoms with van der Waals surface area (Å²) in [5.74, 6) is 0.751. The van der Waals surface area contributed by atoms with Crippen molar-refractivity contribution in [2.75, 3.05) is 5.73 Å². The number of anilines is 1. The largest absolute Gasteiger partial charge is 0.398 e. The molecule has 0 saturated heterocycles. The number of hydrogen-bond acceptors (Lipinski definition) is 2. The van der Waals surface area contributed by atoms with Gasteiger partial charge in [0.1, 0.15) is 0 Å². The van der Waals surface area contributed by atoms with Crippen LogP contribution in [0.15, 0.2) is 24.3 Å². The molecule has 0 heterocycles. The molecule has 0 bridgehead atoms. The molecule has 0 radical (unpaired) electrons. The first-order chi connectivity index (χ1) is 8.66. The highest BCUT2D eigenvalue weighted by atomic mass is 35.5. The minimum Gasteiger partial charge on any atom is -0.398 e. The molecule has 2 rings (SSSR count). The van der Waals surface area contributed by atoms with Crippen molar-refractivity contribution in [3.05, 3.63) is 29.8 Å². The van der Waals surface area contributed by atoms with Gasteiger partial charge < -0.3 is 11.1 Å². The average Bonchev–Trinajstić information content (AvgIpc) is 2.55. The van der Waals surface area contributed by atoms with Crippen molar-refractivity contribution in [3.63, 3.8) is 0 Å². The molecule has 19 heavy (non-hydrogen) atoms. The Balaban J connectivity index is 0.00000180. The number of carbonyl (C=O) groups excluding carboxylic acids is 1. The molecule has 0 aliphatic heterocycles. The van der Waals surface area contributed by atoms with Gasteiger partial charge in [0.2, 0.25) is 0 Å². The van der Waals surface area contributed by atoms with E-state index in [0.717, 1.165) is 18.8 Å². The van der Waals surface area contributed by atoms with Crippen molar-refractivity contribution in [3.8, 4) is 0 Å². The monoisotopic (exact) mass is 282 g/mol. The zero-order valence-corrected chi connectivity index (χ0v) is 12.2. The highest BCUT2D eigenvalue weighted by Crippen LogP contribution is 2.23. The first-order valence-corrected chi connectivity index (χ1v) is 6.82. The summed E-state index contributed by atoms with van der Waals surface area (Å²) in [5, 5.41) is 3.12. The Morgan fingerprint density at radius 3 is 2.68 bits per heavy atom. The molecule has 3 N–H and O–H groups in total.